The van der Waals surface area contributed by atoms with Gasteiger partial charge in [0.05, 0.1) is 0 Å². The van der Waals surface area contributed by atoms with Crippen LogP contribution >= 0.6 is 0 Å². The van der Waals surface area contributed by atoms with Gasteiger partial charge in [-0.3, -0.25) is 0 Å². The molecule has 0 aromatic rings. The summed E-state index contributed by atoms with van der Waals surface area (Å²) < 4.78 is 0. The summed E-state index contributed by atoms with van der Waals surface area (Å²) in [6.07, 6.45) is 1.40. The standard InChI is InChI=1S/C8H16N2/c1-6-3-7-4-9-8(6)5-10(7)2/h6-9H,3-5H2,1-2H3. The first-order chi connectivity index (χ1) is 4.77. The Labute approximate surface area is 62.6 Å². The average Bonchev–Trinajstić information content (AvgIpc) is 1.91. The van der Waals surface area contributed by atoms with Gasteiger partial charge in [-0.1, -0.05) is 6.92 Å². The first kappa shape index (κ1) is 6.62. The highest BCUT2D eigenvalue weighted by molar-refractivity contribution is 4.94. The molecule has 0 amide bonds. The summed E-state index contributed by atoms with van der Waals surface area (Å²) in [6, 6.07) is 1.59. The maximum atomic E-state index is 3.56. The van der Waals surface area contributed by atoms with Crippen molar-refractivity contribution in [3.8, 4) is 0 Å². The van der Waals surface area contributed by atoms with Crippen molar-refractivity contribution in [3.05, 3.63) is 0 Å². The quantitative estimate of drug-likeness (QED) is 0.520. The zero-order valence-corrected chi connectivity index (χ0v) is 6.80. The van der Waals surface area contributed by atoms with E-state index in [-0.39, 0.29) is 0 Å². The molecule has 3 aliphatic heterocycles. The minimum atomic E-state index is 0.773. The van der Waals surface area contributed by atoms with Crippen molar-refractivity contribution in [2.45, 2.75) is 25.4 Å². The third-order valence-corrected chi connectivity index (χ3v) is 3.05. The van der Waals surface area contributed by atoms with E-state index in [0.717, 1.165) is 18.0 Å². The zero-order valence-electron chi connectivity index (χ0n) is 6.80. The Balaban J connectivity index is 2.09. The molecule has 2 heteroatoms. The first-order valence-electron chi connectivity index (χ1n) is 4.21. The maximum absolute atomic E-state index is 3.56. The van der Waals surface area contributed by atoms with Crippen LogP contribution in [-0.4, -0.2) is 37.1 Å². The number of nitrogens with one attached hydrogen (secondary N) is 1. The van der Waals surface area contributed by atoms with Gasteiger partial charge < -0.3 is 10.2 Å². The normalized spacial score (nSPS) is 48.0. The van der Waals surface area contributed by atoms with Crippen LogP contribution in [0, 0.1) is 5.92 Å². The highest BCUT2D eigenvalue weighted by Crippen LogP contribution is 2.25. The van der Waals surface area contributed by atoms with Crippen LogP contribution in [0.3, 0.4) is 0 Å². The lowest BCUT2D eigenvalue weighted by atomic mass is 9.84. The molecule has 3 rings (SSSR count). The molecule has 0 aromatic carbocycles. The number of likely N-dealkylation sites (N-methyl/N-ethyl adjacent to an activating group) is 1. The van der Waals surface area contributed by atoms with Gasteiger partial charge in [-0.2, -0.15) is 0 Å². The molecular formula is C8H16N2. The second-order valence-corrected chi connectivity index (χ2v) is 3.82. The monoisotopic (exact) mass is 140 g/mol. The molecular weight excluding hydrogens is 124 g/mol. The lowest BCUT2D eigenvalue weighted by Gasteiger charge is -2.47. The number of hydrogen-bond acceptors (Lipinski definition) is 2. The molecule has 0 spiro atoms. The number of hydrogen-bond donors (Lipinski definition) is 1. The minimum Gasteiger partial charge on any atom is -0.311 e. The molecule has 58 valence electrons. The van der Waals surface area contributed by atoms with Crippen LogP contribution in [0.5, 0.6) is 0 Å². The van der Waals surface area contributed by atoms with E-state index >= 15 is 0 Å². The number of nitrogens with zero attached hydrogens (tertiary/aromatic N) is 1. The SMILES string of the molecule is CC1CC2CNC1CN2C. The van der Waals surface area contributed by atoms with E-state index in [4.69, 9.17) is 0 Å². The molecule has 0 saturated carbocycles. The Morgan fingerprint density at radius 2 is 2.30 bits per heavy atom. The molecule has 3 atom stereocenters. The Morgan fingerprint density at radius 1 is 1.50 bits per heavy atom. The van der Waals surface area contributed by atoms with Crippen LogP contribution in [0.1, 0.15) is 13.3 Å². The molecule has 0 aromatic heterocycles. The molecule has 3 heterocycles. The topological polar surface area (TPSA) is 15.3 Å². The van der Waals surface area contributed by atoms with E-state index in [0.29, 0.717) is 0 Å². The maximum Gasteiger partial charge on any atom is 0.0221 e. The largest absolute Gasteiger partial charge is 0.311 e. The van der Waals surface area contributed by atoms with E-state index in [9.17, 15) is 0 Å². The van der Waals surface area contributed by atoms with Gasteiger partial charge in [0, 0.05) is 25.2 Å². The summed E-state index contributed by atoms with van der Waals surface area (Å²) >= 11 is 0. The fraction of sp³-hybridized carbons (Fsp3) is 1.00. The van der Waals surface area contributed by atoms with Gasteiger partial charge in [-0.05, 0) is 19.4 Å². The lowest BCUT2D eigenvalue weighted by molar-refractivity contribution is 0.0620. The van der Waals surface area contributed by atoms with Crippen molar-refractivity contribution in [1.82, 2.24) is 10.2 Å². The molecule has 2 bridgehead atoms. The summed E-state index contributed by atoms with van der Waals surface area (Å²) in [5, 5.41) is 3.56. The Kier molecular flexibility index (Phi) is 1.46. The lowest BCUT2D eigenvalue weighted by Crippen LogP contribution is -2.62. The van der Waals surface area contributed by atoms with E-state index < -0.39 is 0 Å². The highest BCUT2D eigenvalue weighted by atomic mass is 15.2. The van der Waals surface area contributed by atoms with Crippen molar-refractivity contribution in [2.24, 2.45) is 5.92 Å². The van der Waals surface area contributed by atoms with Crippen LogP contribution < -0.4 is 5.32 Å². The van der Waals surface area contributed by atoms with Crippen LogP contribution in [0.25, 0.3) is 0 Å². The average molecular weight is 140 g/mol. The minimum absolute atomic E-state index is 0.773. The molecule has 1 N–H and O–H groups in total. The van der Waals surface area contributed by atoms with Crippen LogP contribution in [0.2, 0.25) is 0 Å². The third kappa shape index (κ3) is 0.867. The number of piperidine rings is 2. The molecule has 0 aliphatic carbocycles. The summed E-state index contributed by atoms with van der Waals surface area (Å²) in [5.41, 5.74) is 0. The third-order valence-electron chi connectivity index (χ3n) is 3.05. The van der Waals surface area contributed by atoms with Gasteiger partial charge in [0.25, 0.3) is 0 Å². The molecule has 3 fully saturated rings. The predicted octanol–water partition coefficient (Wildman–Crippen LogP) is 0.298. The summed E-state index contributed by atoms with van der Waals surface area (Å²) in [7, 11) is 2.24. The molecule has 2 nitrogen and oxygen atoms in total. The molecule has 3 aliphatic rings. The van der Waals surface area contributed by atoms with Crippen LogP contribution in [0.15, 0.2) is 0 Å². The van der Waals surface area contributed by atoms with Crippen molar-refractivity contribution in [2.75, 3.05) is 20.1 Å². The van der Waals surface area contributed by atoms with Gasteiger partial charge in [-0.25, -0.2) is 0 Å². The van der Waals surface area contributed by atoms with E-state index in [1.54, 1.807) is 0 Å². The van der Waals surface area contributed by atoms with Gasteiger partial charge in [-0.15, -0.1) is 0 Å². The Bertz CT molecular complexity index is 119. The summed E-state index contributed by atoms with van der Waals surface area (Å²) in [4.78, 5) is 2.49. The molecule has 3 saturated heterocycles. The molecule has 3 unspecified atom stereocenters. The number of rotatable bonds is 0. The van der Waals surface area contributed by atoms with Gasteiger partial charge in [0.1, 0.15) is 0 Å². The molecule has 10 heavy (non-hydrogen) atoms. The van der Waals surface area contributed by atoms with Crippen LogP contribution in [-0.2, 0) is 0 Å². The smallest absolute Gasteiger partial charge is 0.0221 e. The van der Waals surface area contributed by atoms with Crippen molar-refractivity contribution >= 4 is 0 Å². The van der Waals surface area contributed by atoms with Gasteiger partial charge in [0.2, 0.25) is 0 Å². The Hall–Kier alpha value is -0.0800. The van der Waals surface area contributed by atoms with Gasteiger partial charge in [0.15, 0.2) is 0 Å². The van der Waals surface area contributed by atoms with E-state index in [2.05, 4.69) is 24.2 Å². The van der Waals surface area contributed by atoms with E-state index in [1.165, 1.54) is 19.5 Å². The van der Waals surface area contributed by atoms with Gasteiger partial charge >= 0.3 is 0 Å². The second-order valence-electron chi connectivity index (χ2n) is 3.82. The van der Waals surface area contributed by atoms with Crippen molar-refractivity contribution in [1.29, 1.82) is 0 Å². The van der Waals surface area contributed by atoms with E-state index in [1.807, 2.05) is 0 Å². The first-order valence-corrected chi connectivity index (χ1v) is 4.21. The summed E-state index contributed by atoms with van der Waals surface area (Å²) in [5.74, 6) is 0.898. The highest BCUT2D eigenvalue weighted by Gasteiger charge is 2.35. The second kappa shape index (κ2) is 2.21. The predicted molar refractivity (Wildman–Crippen MR) is 42.0 cm³/mol. The summed E-state index contributed by atoms with van der Waals surface area (Å²) in [6.45, 7) is 4.83. The number of fused-ring (bicyclic) bond motifs is 3. The van der Waals surface area contributed by atoms with Crippen molar-refractivity contribution in [3.63, 3.8) is 0 Å². The number of piperazine rings is 1. The fourth-order valence-corrected chi connectivity index (χ4v) is 2.20. The Morgan fingerprint density at radius 3 is 2.60 bits per heavy atom. The molecule has 0 radical (unpaired) electrons. The fourth-order valence-electron chi connectivity index (χ4n) is 2.20. The van der Waals surface area contributed by atoms with Crippen LogP contribution in [0.4, 0.5) is 0 Å². The zero-order chi connectivity index (χ0) is 7.14. The van der Waals surface area contributed by atoms with Crippen molar-refractivity contribution < 1.29 is 0 Å².